The van der Waals surface area contributed by atoms with E-state index in [0.29, 0.717) is 11.8 Å². The zero-order valence-corrected chi connectivity index (χ0v) is 6.42. The Labute approximate surface area is 65.8 Å². The molecular formula is C8H13NO2. The van der Waals surface area contributed by atoms with Crippen LogP contribution in [0.5, 0.6) is 0 Å². The minimum atomic E-state index is -0.667. The summed E-state index contributed by atoms with van der Waals surface area (Å²) in [5.74, 6) is 0.406. The average Bonchev–Trinajstić information content (AvgIpc) is 2.41. The minimum absolute atomic E-state index is 0.248. The first kappa shape index (κ1) is 7.10. The van der Waals surface area contributed by atoms with Crippen molar-refractivity contribution in [3.8, 4) is 0 Å². The summed E-state index contributed by atoms with van der Waals surface area (Å²) in [4.78, 5) is 10.7. The molecule has 0 amide bonds. The van der Waals surface area contributed by atoms with Gasteiger partial charge in [0.25, 0.3) is 0 Å². The molecule has 3 heteroatoms. The van der Waals surface area contributed by atoms with E-state index >= 15 is 0 Å². The molecule has 0 aromatic carbocycles. The van der Waals surface area contributed by atoms with Crippen molar-refractivity contribution in [2.75, 3.05) is 6.54 Å². The third kappa shape index (κ3) is 1.03. The molecule has 2 rings (SSSR count). The van der Waals surface area contributed by atoms with E-state index in [1.165, 1.54) is 12.8 Å². The Kier molecular flexibility index (Phi) is 1.60. The molecule has 1 saturated heterocycles. The van der Waals surface area contributed by atoms with Gasteiger partial charge in [0.05, 0.1) is 0 Å². The fourth-order valence-corrected chi connectivity index (χ4v) is 2.46. The maximum atomic E-state index is 10.7. The van der Waals surface area contributed by atoms with Crippen LogP contribution in [0, 0.1) is 11.8 Å². The monoisotopic (exact) mass is 155 g/mol. The molecule has 0 bridgehead atoms. The number of hydrogen-bond acceptors (Lipinski definition) is 2. The molecule has 0 unspecified atom stereocenters. The van der Waals surface area contributed by atoms with Gasteiger partial charge >= 0.3 is 5.97 Å². The molecule has 1 aliphatic heterocycles. The third-order valence-corrected chi connectivity index (χ3v) is 3.01. The Balaban J connectivity index is 2.08. The van der Waals surface area contributed by atoms with Crippen molar-refractivity contribution in [1.82, 2.24) is 5.32 Å². The number of carboxylic acids is 1. The summed E-state index contributed by atoms with van der Waals surface area (Å²) >= 11 is 0. The van der Waals surface area contributed by atoms with Crippen LogP contribution in [-0.4, -0.2) is 23.7 Å². The van der Waals surface area contributed by atoms with Crippen molar-refractivity contribution >= 4 is 5.97 Å². The number of rotatable bonds is 1. The zero-order valence-electron chi connectivity index (χ0n) is 6.42. The number of aliphatic carboxylic acids is 1. The first-order valence-corrected chi connectivity index (χ1v) is 4.25. The van der Waals surface area contributed by atoms with Gasteiger partial charge in [-0.3, -0.25) is 4.79 Å². The highest BCUT2D eigenvalue weighted by Crippen LogP contribution is 2.37. The van der Waals surface area contributed by atoms with Crippen LogP contribution in [0.1, 0.15) is 19.3 Å². The van der Waals surface area contributed by atoms with Crippen LogP contribution >= 0.6 is 0 Å². The van der Waals surface area contributed by atoms with Gasteiger partial charge in [0, 0.05) is 0 Å². The summed E-state index contributed by atoms with van der Waals surface area (Å²) in [6, 6.07) is -0.248. The van der Waals surface area contributed by atoms with E-state index in [1.54, 1.807) is 0 Å². The Hall–Kier alpha value is -0.570. The number of hydrogen-bond donors (Lipinski definition) is 2. The Morgan fingerprint density at radius 3 is 3.00 bits per heavy atom. The van der Waals surface area contributed by atoms with Crippen molar-refractivity contribution < 1.29 is 9.90 Å². The standard InChI is InChI=1S/C8H13NO2/c10-8(11)7-6-3-1-2-5(6)4-9-7/h5-7,9H,1-4H2,(H,10,11)/t5-,6-,7+/m0/s1. The van der Waals surface area contributed by atoms with Crippen molar-refractivity contribution in [2.45, 2.75) is 25.3 Å². The first-order chi connectivity index (χ1) is 5.29. The molecule has 3 atom stereocenters. The predicted octanol–water partition coefficient (Wildman–Crippen LogP) is 0.459. The van der Waals surface area contributed by atoms with Crippen molar-refractivity contribution in [3.63, 3.8) is 0 Å². The van der Waals surface area contributed by atoms with E-state index in [4.69, 9.17) is 5.11 Å². The molecule has 2 fully saturated rings. The molecule has 1 aliphatic carbocycles. The highest BCUT2D eigenvalue weighted by atomic mass is 16.4. The lowest BCUT2D eigenvalue weighted by molar-refractivity contribution is -0.140. The topological polar surface area (TPSA) is 49.3 Å². The van der Waals surface area contributed by atoms with Crippen molar-refractivity contribution in [1.29, 1.82) is 0 Å². The molecule has 0 aromatic rings. The lowest BCUT2D eigenvalue weighted by atomic mass is 9.94. The normalized spacial score (nSPS) is 42.4. The number of carboxylic acid groups (broad SMARTS) is 1. The van der Waals surface area contributed by atoms with E-state index < -0.39 is 5.97 Å². The fourth-order valence-electron chi connectivity index (χ4n) is 2.46. The molecule has 62 valence electrons. The molecule has 0 radical (unpaired) electrons. The van der Waals surface area contributed by atoms with Gasteiger partial charge in [-0.15, -0.1) is 0 Å². The molecule has 0 spiro atoms. The Bertz CT molecular complexity index is 181. The molecule has 11 heavy (non-hydrogen) atoms. The van der Waals surface area contributed by atoms with Crippen LogP contribution in [0.3, 0.4) is 0 Å². The van der Waals surface area contributed by atoms with E-state index in [1.807, 2.05) is 0 Å². The lowest BCUT2D eigenvalue weighted by Crippen LogP contribution is -2.35. The van der Waals surface area contributed by atoms with E-state index in [2.05, 4.69) is 5.32 Å². The van der Waals surface area contributed by atoms with Crippen molar-refractivity contribution in [2.24, 2.45) is 11.8 Å². The number of carbonyl (C=O) groups is 1. The third-order valence-electron chi connectivity index (χ3n) is 3.01. The van der Waals surface area contributed by atoms with Crippen LogP contribution in [0.25, 0.3) is 0 Å². The van der Waals surface area contributed by atoms with Gasteiger partial charge in [-0.05, 0) is 31.2 Å². The maximum Gasteiger partial charge on any atom is 0.320 e. The van der Waals surface area contributed by atoms with Gasteiger partial charge < -0.3 is 10.4 Å². The Morgan fingerprint density at radius 2 is 2.27 bits per heavy atom. The predicted molar refractivity (Wildman–Crippen MR) is 40.3 cm³/mol. The molecule has 0 aromatic heterocycles. The van der Waals surface area contributed by atoms with E-state index in [0.717, 1.165) is 13.0 Å². The molecule has 3 nitrogen and oxygen atoms in total. The second kappa shape index (κ2) is 2.48. The molecule has 2 N–H and O–H groups in total. The van der Waals surface area contributed by atoms with Gasteiger partial charge in [0.1, 0.15) is 6.04 Å². The summed E-state index contributed by atoms with van der Waals surface area (Å²) in [7, 11) is 0. The highest BCUT2D eigenvalue weighted by molar-refractivity contribution is 5.74. The van der Waals surface area contributed by atoms with E-state index in [9.17, 15) is 4.79 Å². The van der Waals surface area contributed by atoms with Crippen LogP contribution in [0.15, 0.2) is 0 Å². The summed E-state index contributed by atoms with van der Waals surface area (Å²) in [6.45, 7) is 0.918. The molecule has 1 saturated carbocycles. The van der Waals surface area contributed by atoms with Gasteiger partial charge in [-0.25, -0.2) is 0 Å². The van der Waals surface area contributed by atoms with Gasteiger partial charge in [0.2, 0.25) is 0 Å². The summed E-state index contributed by atoms with van der Waals surface area (Å²) in [6.07, 6.45) is 3.55. The SMILES string of the molecule is O=C(O)[C@@H]1NC[C@@H]2CCC[C@@H]21. The van der Waals surface area contributed by atoms with E-state index in [-0.39, 0.29) is 6.04 Å². The number of nitrogens with one attached hydrogen (secondary N) is 1. The lowest BCUT2D eigenvalue weighted by Gasteiger charge is -2.12. The maximum absolute atomic E-state index is 10.7. The fraction of sp³-hybridized carbons (Fsp3) is 0.875. The van der Waals surface area contributed by atoms with Gasteiger partial charge in [0.15, 0.2) is 0 Å². The molecule has 2 aliphatic rings. The second-order valence-corrected chi connectivity index (χ2v) is 3.58. The Morgan fingerprint density at radius 1 is 1.45 bits per heavy atom. The van der Waals surface area contributed by atoms with Crippen LogP contribution in [0.4, 0.5) is 0 Å². The van der Waals surface area contributed by atoms with Gasteiger partial charge in [-0.1, -0.05) is 6.42 Å². The molecular weight excluding hydrogens is 142 g/mol. The van der Waals surface area contributed by atoms with Crippen LogP contribution in [-0.2, 0) is 4.79 Å². The number of fused-ring (bicyclic) bond motifs is 1. The van der Waals surface area contributed by atoms with Crippen LogP contribution in [0.2, 0.25) is 0 Å². The first-order valence-electron chi connectivity index (χ1n) is 4.25. The molecule has 1 heterocycles. The largest absolute Gasteiger partial charge is 0.480 e. The highest BCUT2D eigenvalue weighted by Gasteiger charge is 2.42. The smallest absolute Gasteiger partial charge is 0.320 e. The second-order valence-electron chi connectivity index (χ2n) is 3.58. The summed E-state index contributed by atoms with van der Waals surface area (Å²) in [5, 5.41) is 11.9. The zero-order chi connectivity index (χ0) is 7.84. The average molecular weight is 155 g/mol. The van der Waals surface area contributed by atoms with Crippen molar-refractivity contribution in [3.05, 3.63) is 0 Å². The minimum Gasteiger partial charge on any atom is -0.480 e. The quantitative estimate of drug-likeness (QED) is 0.578. The summed E-state index contributed by atoms with van der Waals surface area (Å²) in [5.41, 5.74) is 0. The van der Waals surface area contributed by atoms with Crippen LogP contribution < -0.4 is 5.32 Å². The summed E-state index contributed by atoms with van der Waals surface area (Å²) < 4.78 is 0. The van der Waals surface area contributed by atoms with Gasteiger partial charge in [-0.2, -0.15) is 0 Å².